The second-order valence-electron chi connectivity index (χ2n) is 4.64. The van der Waals surface area contributed by atoms with E-state index in [1.54, 1.807) is 11.3 Å². The molecule has 0 N–H and O–H groups in total. The Labute approximate surface area is 105 Å². The summed E-state index contributed by atoms with van der Waals surface area (Å²) in [4.78, 5) is 15.2. The zero-order valence-corrected chi connectivity index (χ0v) is 10.7. The van der Waals surface area contributed by atoms with Gasteiger partial charge >= 0.3 is 0 Å². The van der Waals surface area contributed by atoms with Crippen LogP contribution in [0.25, 0.3) is 10.1 Å². The van der Waals surface area contributed by atoms with Crippen LogP contribution in [0.4, 0.5) is 0 Å². The smallest absolute Gasteiger partial charge is 0.264 e. The molecule has 0 bridgehead atoms. The quantitative estimate of drug-likeness (QED) is 0.752. The minimum Gasteiger partial charge on any atom is -0.335 e. The van der Waals surface area contributed by atoms with E-state index >= 15 is 0 Å². The van der Waals surface area contributed by atoms with Gasteiger partial charge in [-0.15, -0.1) is 11.3 Å². The van der Waals surface area contributed by atoms with Gasteiger partial charge in [-0.3, -0.25) is 4.79 Å². The van der Waals surface area contributed by atoms with Crippen LogP contribution in [0.15, 0.2) is 30.3 Å². The Bertz CT molecular complexity index is 527. The minimum absolute atomic E-state index is 0.205. The molecule has 1 unspecified atom stereocenters. The zero-order valence-electron chi connectivity index (χ0n) is 9.85. The number of carbonyl (C=O) groups is 1. The van der Waals surface area contributed by atoms with Crippen molar-refractivity contribution in [1.29, 1.82) is 0 Å². The van der Waals surface area contributed by atoms with Gasteiger partial charge in [0, 0.05) is 17.3 Å². The van der Waals surface area contributed by atoms with Crippen molar-refractivity contribution < 1.29 is 4.79 Å². The molecular weight excluding hydrogens is 230 g/mol. The summed E-state index contributed by atoms with van der Waals surface area (Å²) < 4.78 is 1.20. The summed E-state index contributed by atoms with van der Waals surface area (Å²) in [5, 5.41) is 1.17. The number of amides is 1. The summed E-state index contributed by atoms with van der Waals surface area (Å²) in [6.45, 7) is 3.05. The largest absolute Gasteiger partial charge is 0.335 e. The number of carbonyl (C=O) groups excluding carboxylic acids is 1. The van der Waals surface area contributed by atoms with Crippen LogP contribution in [0.1, 0.15) is 29.4 Å². The van der Waals surface area contributed by atoms with Gasteiger partial charge in [-0.1, -0.05) is 18.2 Å². The number of fused-ring (bicyclic) bond motifs is 1. The molecule has 3 heteroatoms. The molecule has 2 aromatic rings. The van der Waals surface area contributed by atoms with Crippen molar-refractivity contribution in [2.45, 2.75) is 25.8 Å². The van der Waals surface area contributed by atoms with Gasteiger partial charge in [0.15, 0.2) is 0 Å². The minimum atomic E-state index is 0.205. The molecule has 1 atom stereocenters. The lowest BCUT2D eigenvalue weighted by molar-refractivity contribution is 0.0752. The summed E-state index contributed by atoms with van der Waals surface area (Å²) in [6, 6.07) is 10.6. The van der Waals surface area contributed by atoms with E-state index in [1.807, 2.05) is 23.1 Å². The van der Waals surface area contributed by atoms with Crippen LogP contribution in [0.2, 0.25) is 0 Å². The monoisotopic (exact) mass is 245 g/mol. The van der Waals surface area contributed by atoms with E-state index in [0.717, 1.165) is 24.3 Å². The Morgan fingerprint density at radius 1 is 1.41 bits per heavy atom. The van der Waals surface area contributed by atoms with Crippen molar-refractivity contribution in [1.82, 2.24) is 4.90 Å². The highest BCUT2D eigenvalue weighted by atomic mass is 32.1. The second-order valence-corrected chi connectivity index (χ2v) is 5.72. The van der Waals surface area contributed by atoms with Crippen LogP contribution >= 0.6 is 11.3 Å². The number of rotatable bonds is 1. The number of hydrogen-bond acceptors (Lipinski definition) is 2. The first-order chi connectivity index (χ1) is 8.25. The average molecular weight is 245 g/mol. The van der Waals surface area contributed by atoms with Gasteiger partial charge in [-0.05, 0) is 37.3 Å². The van der Waals surface area contributed by atoms with Crippen molar-refractivity contribution in [3.05, 3.63) is 35.2 Å². The van der Waals surface area contributed by atoms with Gasteiger partial charge in [-0.2, -0.15) is 0 Å². The van der Waals surface area contributed by atoms with E-state index in [1.165, 1.54) is 10.1 Å². The van der Waals surface area contributed by atoms with E-state index in [0.29, 0.717) is 6.04 Å². The number of thiophene rings is 1. The Morgan fingerprint density at radius 3 is 2.94 bits per heavy atom. The highest BCUT2D eigenvalue weighted by Gasteiger charge is 2.26. The van der Waals surface area contributed by atoms with Crippen molar-refractivity contribution in [3.63, 3.8) is 0 Å². The van der Waals surface area contributed by atoms with Crippen LogP contribution in [0, 0.1) is 0 Å². The summed E-state index contributed by atoms with van der Waals surface area (Å²) in [5.74, 6) is 0.205. The summed E-state index contributed by atoms with van der Waals surface area (Å²) in [5.41, 5.74) is 0. The van der Waals surface area contributed by atoms with Gasteiger partial charge in [0.2, 0.25) is 0 Å². The van der Waals surface area contributed by atoms with Crippen molar-refractivity contribution in [2.24, 2.45) is 0 Å². The Morgan fingerprint density at radius 2 is 2.24 bits per heavy atom. The Kier molecular flexibility index (Phi) is 2.63. The van der Waals surface area contributed by atoms with Crippen LogP contribution in [0.5, 0.6) is 0 Å². The van der Waals surface area contributed by atoms with Gasteiger partial charge in [-0.25, -0.2) is 0 Å². The molecule has 1 aliphatic heterocycles. The van der Waals surface area contributed by atoms with E-state index in [4.69, 9.17) is 0 Å². The molecule has 1 fully saturated rings. The van der Waals surface area contributed by atoms with Gasteiger partial charge < -0.3 is 4.90 Å². The van der Waals surface area contributed by atoms with Crippen molar-refractivity contribution in [2.75, 3.05) is 6.54 Å². The van der Waals surface area contributed by atoms with E-state index in [2.05, 4.69) is 19.1 Å². The fraction of sp³-hybridized carbons (Fsp3) is 0.357. The molecule has 1 amide bonds. The summed E-state index contributed by atoms with van der Waals surface area (Å²) in [6.07, 6.45) is 2.27. The normalized spacial score (nSPS) is 20.1. The molecule has 0 radical (unpaired) electrons. The summed E-state index contributed by atoms with van der Waals surface area (Å²) in [7, 11) is 0. The van der Waals surface area contributed by atoms with Crippen LogP contribution < -0.4 is 0 Å². The molecule has 1 saturated heterocycles. The van der Waals surface area contributed by atoms with Crippen LogP contribution in [-0.4, -0.2) is 23.4 Å². The maximum atomic E-state index is 12.4. The molecule has 0 aliphatic carbocycles. The Hall–Kier alpha value is -1.35. The first-order valence-electron chi connectivity index (χ1n) is 6.05. The maximum Gasteiger partial charge on any atom is 0.264 e. The van der Waals surface area contributed by atoms with Gasteiger partial charge in [0.05, 0.1) is 4.88 Å². The third kappa shape index (κ3) is 1.84. The summed E-state index contributed by atoms with van der Waals surface area (Å²) >= 11 is 1.60. The highest BCUT2D eigenvalue weighted by Crippen LogP contribution is 2.28. The molecule has 88 valence electrons. The molecule has 17 heavy (non-hydrogen) atoms. The third-order valence-corrected chi connectivity index (χ3v) is 4.55. The molecule has 0 spiro atoms. The molecule has 2 heterocycles. The molecule has 0 saturated carbocycles. The van der Waals surface area contributed by atoms with E-state index in [9.17, 15) is 4.79 Å². The van der Waals surface area contributed by atoms with Crippen LogP contribution in [0.3, 0.4) is 0 Å². The highest BCUT2D eigenvalue weighted by molar-refractivity contribution is 7.20. The van der Waals surface area contributed by atoms with E-state index in [-0.39, 0.29) is 5.91 Å². The topological polar surface area (TPSA) is 20.3 Å². The second kappa shape index (κ2) is 4.15. The number of nitrogens with zero attached hydrogens (tertiary/aromatic N) is 1. The first kappa shape index (κ1) is 10.8. The molecule has 1 aromatic heterocycles. The molecule has 1 aliphatic rings. The third-order valence-electron chi connectivity index (χ3n) is 3.45. The lowest BCUT2D eigenvalue weighted by atomic mass is 10.2. The average Bonchev–Trinajstić information content (AvgIpc) is 2.93. The molecular formula is C14H15NOS. The van der Waals surface area contributed by atoms with Crippen molar-refractivity contribution >= 4 is 27.3 Å². The zero-order chi connectivity index (χ0) is 11.8. The van der Waals surface area contributed by atoms with Gasteiger partial charge in [0.25, 0.3) is 5.91 Å². The first-order valence-corrected chi connectivity index (χ1v) is 6.87. The fourth-order valence-corrected chi connectivity index (χ4v) is 3.48. The van der Waals surface area contributed by atoms with Crippen LogP contribution in [-0.2, 0) is 0 Å². The Balaban J connectivity index is 1.95. The van der Waals surface area contributed by atoms with Crippen molar-refractivity contribution in [3.8, 4) is 0 Å². The molecule has 1 aromatic carbocycles. The number of likely N-dealkylation sites (tertiary alicyclic amines) is 1. The standard InChI is InChI=1S/C14H15NOS/c1-10-5-4-8-15(10)14(16)13-9-11-6-2-3-7-12(11)17-13/h2-3,6-7,9-10H,4-5,8H2,1H3. The predicted octanol–water partition coefficient (Wildman–Crippen LogP) is 3.53. The fourth-order valence-electron chi connectivity index (χ4n) is 2.46. The number of hydrogen-bond donors (Lipinski definition) is 0. The predicted molar refractivity (Wildman–Crippen MR) is 71.6 cm³/mol. The van der Waals surface area contributed by atoms with E-state index < -0.39 is 0 Å². The molecule has 3 rings (SSSR count). The number of benzene rings is 1. The SMILES string of the molecule is CC1CCCN1C(=O)c1cc2ccccc2s1. The maximum absolute atomic E-state index is 12.4. The van der Waals surface area contributed by atoms with Gasteiger partial charge in [0.1, 0.15) is 0 Å². The lowest BCUT2D eigenvalue weighted by Gasteiger charge is -2.20. The molecule has 2 nitrogen and oxygen atoms in total. The lowest BCUT2D eigenvalue weighted by Crippen LogP contribution is -2.32.